The number of hydrogen-bond donors (Lipinski definition) is 3. The standard InChI is InChI=1S/C30H43N3O10/c1-20(9-11-39-13-15-41-17-18-42-16-14-40-12-10-31-29(38)43-30(2,3)4)21-5-6-22-23(19-21)28(37)33(27(22)36)24-7-8-25(34)32-26(24)35/h5-6,9,19,24,27,36H,7-8,10-18H2,1-4H3,(H,31,38)(H,32,34,35)/b20-9+. The van der Waals surface area contributed by atoms with E-state index in [1.807, 2.05) is 19.1 Å². The molecule has 13 heteroatoms. The Hall–Kier alpha value is -3.36. The number of carbonyl (C=O) groups excluding carboxylic acids is 4. The maximum absolute atomic E-state index is 13.1. The fourth-order valence-electron chi connectivity index (χ4n) is 4.46. The molecule has 2 heterocycles. The monoisotopic (exact) mass is 605 g/mol. The molecule has 2 aliphatic heterocycles. The number of carbonyl (C=O) groups is 4. The number of nitrogens with one attached hydrogen (secondary N) is 2. The van der Waals surface area contributed by atoms with E-state index in [0.29, 0.717) is 70.5 Å². The second-order valence-electron chi connectivity index (χ2n) is 11.1. The number of imide groups is 1. The van der Waals surface area contributed by atoms with Crippen molar-refractivity contribution in [1.82, 2.24) is 15.5 Å². The highest BCUT2D eigenvalue weighted by Gasteiger charge is 2.44. The summed E-state index contributed by atoms with van der Waals surface area (Å²) in [6.45, 7) is 10.8. The lowest BCUT2D eigenvalue weighted by Crippen LogP contribution is -2.53. The smallest absolute Gasteiger partial charge is 0.407 e. The first-order valence-electron chi connectivity index (χ1n) is 14.4. The van der Waals surface area contributed by atoms with E-state index in [-0.39, 0.29) is 18.7 Å². The van der Waals surface area contributed by atoms with Crippen molar-refractivity contribution in [2.45, 2.75) is 58.4 Å². The van der Waals surface area contributed by atoms with Gasteiger partial charge in [0.15, 0.2) is 6.23 Å². The molecule has 3 rings (SSSR count). The highest BCUT2D eigenvalue weighted by molar-refractivity contribution is 6.06. The van der Waals surface area contributed by atoms with E-state index in [4.69, 9.17) is 23.7 Å². The first-order valence-corrected chi connectivity index (χ1v) is 14.4. The fourth-order valence-corrected chi connectivity index (χ4v) is 4.46. The van der Waals surface area contributed by atoms with E-state index in [1.165, 1.54) is 0 Å². The largest absolute Gasteiger partial charge is 0.444 e. The first-order chi connectivity index (χ1) is 20.5. The van der Waals surface area contributed by atoms with Gasteiger partial charge in [0, 0.05) is 24.1 Å². The molecule has 2 aliphatic rings. The van der Waals surface area contributed by atoms with Crippen LogP contribution < -0.4 is 10.6 Å². The molecule has 1 aromatic carbocycles. The zero-order valence-corrected chi connectivity index (χ0v) is 25.3. The summed E-state index contributed by atoms with van der Waals surface area (Å²) in [6, 6.07) is 4.30. The molecule has 0 radical (unpaired) electrons. The number of aliphatic hydroxyl groups is 1. The number of amides is 4. The summed E-state index contributed by atoms with van der Waals surface area (Å²) in [5.41, 5.74) is 1.92. The van der Waals surface area contributed by atoms with Crippen LogP contribution in [0, 0.1) is 0 Å². The van der Waals surface area contributed by atoms with Crippen LogP contribution in [0.2, 0.25) is 0 Å². The van der Waals surface area contributed by atoms with E-state index >= 15 is 0 Å². The van der Waals surface area contributed by atoms with Gasteiger partial charge in [-0.3, -0.25) is 24.6 Å². The summed E-state index contributed by atoms with van der Waals surface area (Å²) in [7, 11) is 0. The van der Waals surface area contributed by atoms with Crippen LogP contribution in [0.3, 0.4) is 0 Å². The molecule has 0 aliphatic carbocycles. The van der Waals surface area contributed by atoms with Crippen LogP contribution in [0.25, 0.3) is 5.57 Å². The fraction of sp³-hybridized carbons (Fsp3) is 0.600. The van der Waals surface area contributed by atoms with Gasteiger partial charge in [0.25, 0.3) is 5.91 Å². The number of ether oxygens (including phenoxy) is 5. The summed E-state index contributed by atoms with van der Waals surface area (Å²) in [6.07, 6.45) is 0.464. The van der Waals surface area contributed by atoms with Crippen LogP contribution in [0.5, 0.6) is 0 Å². The molecule has 13 nitrogen and oxygen atoms in total. The number of hydrogen-bond acceptors (Lipinski definition) is 10. The number of fused-ring (bicyclic) bond motifs is 1. The minimum atomic E-state index is -1.24. The first kappa shape index (κ1) is 34.1. The molecule has 0 spiro atoms. The van der Waals surface area contributed by atoms with Crippen molar-refractivity contribution in [1.29, 1.82) is 0 Å². The summed E-state index contributed by atoms with van der Waals surface area (Å²) >= 11 is 0. The van der Waals surface area contributed by atoms with Crippen molar-refractivity contribution in [2.75, 3.05) is 59.4 Å². The number of nitrogens with zero attached hydrogens (tertiary/aromatic N) is 1. The molecule has 0 bridgehead atoms. The Kier molecular flexibility index (Phi) is 13.1. The minimum absolute atomic E-state index is 0.115. The van der Waals surface area contributed by atoms with E-state index in [9.17, 15) is 24.3 Å². The second-order valence-corrected chi connectivity index (χ2v) is 11.1. The molecule has 238 valence electrons. The highest BCUT2D eigenvalue weighted by Crippen LogP contribution is 2.36. The van der Waals surface area contributed by atoms with E-state index < -0.39 is 35.8 Å². The van der Waals surface area contributed by atoms with Crippen molar-refractivity contribution in [3.8, 4) is 0 Å². The van der Waals surface area contributed by atoms with Crippen molar-refractivity contribution in [2.24, 2.45) is 0 Å². The van der Waals surface area contributed by atoms with E-state index in [2.05, 4.69) is 10.6 Å². The molecule has 4 amide bonds. The molecule has 0 aromatic heterocycles. The summed E-state index contributed by atoms with van der Waals surface area (Å²) < 4.78 is 27.1. The van der Waals surface area contributed by atoms with Gasteiger partial charge in [-0.1, -0.05) is 18.2 Å². The third kappa shape index (κ3) is 10.7. The molecule has 2 atom stereocenters. The second kappa shape index (κ2) is 16.5. The molecule has 3 N–H and O–H groups in total. The van der Waals surface area contributed by atoms with Crippen LogP contribution in [-0.2, 0) is 33.3 Å². The summed E-state index contributed by atoms with van der Waals surface area (Å²) in [5, 5.41) is 15.6. The Balaban J connectivity index is 1.25. The van der Waals surface area contributed by atoms with Crippen molar-refractivity contribution in [3.05, 3.63) is 41.0 Å². The number of aliphatic hydroxyl groups excluding tert-OH is 1. The number of piperidine rings is 1. The Morgan fingerprint density at radius 2 is 1.65 bits per heavy atom. The number of allylic oxidation sites excluding steroid dienone is 1. The van der Waals surface area contributed by atoms with Gasteiger partial charge in [0.05, 0.1) is 52.9 Å². The van der Waals surface area contributed by atoms with E-state index in [0.717, 1.165) is 16.0 Å². The highest BCUT2D eigenvalue weighted by atomic mass is 16.6. The average Bonchev–Trinajstić information content (AvgIpc) is 3.18. The maximum Gasteiger partial charge on any atom is 0.407 e. The van der Waals surface area contributed by atoms with Gasteiger partial charge in [0.2, 0.25) is 11.8 Å². The molecular formula is C30H43N3O10. The van der Waals surface area contributed by atoms with Crippen molar-refractivity contribution < 1.29 is 48.0 Å². The quantitative estimate of drug-likeness (QED) is 0.188. The van der Waals surface area contributed by atoms with Gasteiger partial charge in [0.1, 0.15) is 11.6 Å². The number of benzene rings is 1. The normalized spacial score (nSPS) is 19.0. The van der Waals surface area contributed by atoms with Gasteiger partial charge in [-0.05, 0) is 51.3 Å². The third-order valence-corrected chi connectivity index (χ3v) is 6.60. The predicted octanol–water partition coefficient (Wildman–Crippen LogP) is 1.93. The average molecular weight is 606 g/mol. The van der Waals surface area contributed by atoms with Gasteiger partial charge in [-0.25, -0.2) is 4.79 Å². The zero-order valence-electron chi connectivity index (χ0n) is 25.3. The Bertz CT molecular complexity index is 1160. The molecule has 43 heavy (non-hydrogen) atoms. The maximum atomic E-state index is 13.1. The Morgan fingerprint density at radius 1 is 1.02 bits per heavy atom. The summed E-state index contributed by atoms with van der Waals surface area (Å²) in [5.74, 6) is -1.40. The van der Waals surface area contributed by atoms with Crippen LogP contribution in [0.15, 0.2) is 24.3 Å². The predicted molar refractivity (Wildman–Crippen MR) is 155 cm³/mol. The van der Waals surface area contributed by atoms with Gasteiger partial charge in [-0.15, -0.1) is 0 Å². The molecule has 1 fully saturated rings. The molecular weight excluding hydrogens is 562 g/mol. The third-order valence-electron chi connectivity index (χ3n) is 6.60. The number of alkyl carbamates (subject to hydrolysis) is 1. The topological polar surface area (TPSA) is 162 Å². The summed E-state index contributed by atoms with van der Waals surface area (Å²) in [4.78, 5) is 49.5. The minimum Gasteiger partial charge on any atom is -0.444 e. The van der Waals surface area contributed by atoms with Crippen molar-refractivity contribution >= 4 is 29.4 Å². The lowest BCUT2D eigenvalue weighted by molar-refractivity contribution is -0.139. The lowest BCUT2D eigenvalue weighted by atomic mass is 10.0. The van der Waals surface area contributed by atoms with Crippen LogP contribution in [-0.4, -0.2) is 105 Å². The van der Waals surface area contributed by atoms with Gasteiger partial charge >= 0.3 is 6.09 Å². The lowest BCUT2D eigenvalue weighted by Gasteiger charge is -2.31. The number of rotatable bonds is 16. The Morgan fingerprint density at radius 3 is 2.28 bits per heavy atom. The van der Waals surface area contributed by atoms with Gasteiger partial charge in [-0.2, -0.15) is 0 Å². The molecule has 1 aromatic rings. The zero-order chi connectivity index (χ0) is 31.4. The van der Waals surface area contributed by atoms with Crippen LogP contribution in [0.1, 0.15) is 68.2 Å². The molecule has 1 saturated heterocycles. The van der Waals surface area contributed by atoms with Crippen molar-refractivity contribution in [3.63, 3.8) is 0 Å². The van der Waals surface area contributed by atoms with Crippen LogP contribution >= 0.6 is 0 Å². The van der Waals surface area contributed by atoms with Crippen LogP contribution in [0.4, 0.5) is 4.79 Å². The molecule has 0 saturated carbocycles. The van der Waals surface area contributed by atoms with E-state index in [1.54, 1.807) is 32.9 Å². The Labute approximate surface area is 251 Å². The van der Waals surface area contributed by atoms with Gasteiger partial charge < -0.3 is 34.1 Å². The molecule has 2 unspecified atom stereocenters. The SMILES string of the molecule is C/C(=C\COCCOCCOCCOCCNC(=O)OC(C)(C)C)c1ccc2c(c1)C(=O)N(C1CCC(=O)NC1=O)C2O.